The van der Waals surface area contributed by atoms with Crippen molar-refractivity contribution in [2.45, 2.75) is 39.0 Å². The molecule has 1 aromatic carbocycles. The fraction of sp³-hybridized carbons (Fsp3) is 0.529. The first-order valence-electron chi connectivity index (χ1n) is 7.78. The standard InChI is InChI=1S/C17H23NO2S/c1-2-3-4-7-12-21-13-8-11-18-16(19)14-9-5-6-10-15(14)17(18)20/h5-6,9-10H,2-4,7-8,11-13H2,1H3. The molecule has 3 nitrogen and oxygen atoms in total. The molecule has 114 valence electrons. The summed E-state index contributed by atoms with van der Waals surface area (Å²) in [6.07, 6.45) is 6.04. The van der Waals surface area contributed by atoms with Crippen LogP contribution in [0.25, 0.3) is 0 Å². The molecule has 0 unspecified atom stereocenters. The molecule has 21 heavy (non-hydrogen) atoms. The maximum atomic E-state index is 12.1. The van der Waals surface area contributed by atoms with E-state index in [-0.39, 0.29) is 11.8 Å². The molecule has 0 radical (unpaired) electrons. The average molecular weight is 305 g/mol. The highest BCUT2D eigenvalue weighted by Gasteiger charge is 2.34. The summed E-state index contributed by atoms with van der Waals surface area (Å²) in [5.74, 6) is 1.92. The van der Waals surface area contributed by atoms with Crippen LogP contribution < -0.4 is 0 Å². The Hall–Kier alpha value is -1.29. The van der Waals surface area contributed by atoms with Crippen LogP contribution in [0.1, 0.15) is 59.7 Å². The minimum Gasteiger partial charge on any atom is -0.274 e. The lowest BCUT2D eigenvalue weighted by molar-refractivity contribution is 0.0655. The molecule has 4 heteroatoms. The van der Waals surface area contributed by atoms with Gasteiger partial charge < -0.3 is 0 Å². The van der Waals surface area contributed by atoms with Crippen molar-refractivity contribution < 1.29 is 9.59 Å². The van der Waals surface area contributed by atoms with E-state index < -0.39 is 0 Å². The van der Waals surface area contributed by atoms with Crippen molar-refractivity contribution in [3.63, 3.8) is 0 Å². The zero-order chi connectivity index (χ0) is 15.1. The molecular formula is C17H23NO2S. The van der Waals surface area contributed by atoms with Crippen molar-refractivity contribution in [3.8, 4) is 0 Å². The smallest absolute Gasteiger partial charge is 0.261 e. The van der Waals surface area contributed by atoms with E-state index in [0.29, 0.717) is 17.7 Å². The van der Waals surface area contributed by atoms with Crippen LogP contribution in [0.15, 0.2) is 24.3 Å². The summed E-state index contributed by atoms with van der Waals surface area (Å²) in [4.78, 5) is 25.7. The minimum atomic E-state index is -0.136. The number of carbonyl (C=O) groups excluding carboxylic acids is 2. The van der Waals surface area contributed by atoms with Gasteiger partial charge in [0.15, 0.2) is 0 Å². The maximum absolute atomic E-state index is 12.1. The number of fused-ring (bicyclic) bond motifs is 1. The van der Waals surface area contributed by atoms with Crippen LogP contribution in [0.3, 0.4) is 0 Å². The largest absolute Gasteiger partial charge is 0.274 e. The summed E-state index contributed by atoms with van der Waals surface area (Å²) in [6, 6.07) is 7.08. The molecule has 2 amide bonds. The predicted octanol–water partition coefficient (Wildman–Crippen LogP) is 3.99. The first-order chi connectivity index (χ1) is 10.3. The molecule has 0 fully saturated rings. The van der Waals surface area contributed by atoms with E-state index in [4.69, 9.17) is 0 Å². The van der Waals surface area contributed by atoms with Crippen molar-refractivity contribution >= 4 is 23.6 Å². The van der Waals surface area contributed by atoms with Crippen molar-refractivity contribution in [2.24, 2.45) is 0 Å². The Morgan fingerprint density at radius 2 is 1.52 bits per heavy atom. The zero-order valence-electron chi connectivity index (χ0n) is 12.6. The average Bonchev–Trinajstić information content (AvgIpc) is 2.75. The van der Waals surface area contributed by atoms with Crippen LogP contribution >= 0.6 is 11.8 Å². The Labute approximate surface area is 131 Å². The number of imide groups is 1. The molecule has 0 aromatic heterocycles. The van der Waals surface area contributed by atoms with Gasteiger partial charge in [-0.2, -0.15) is 11.8 Å². The second kappa shape index (κ2) is 8.23. The molecule has 0 bridgehead atoms. The van der Waals surface area contributed by atoms with E-state index in [2.05, 4.69) is 6.92 Å². The van der Waals surface area contributed by atoms with Crippen LogP contribution in [0.4, 0.5) is 0 Å². The van der Waals surface area contributed by atoms with Gasteiger partial charge in [-0.1, -0.05) is 38.3 Å². The van der Waals surface area contributed by atoms with E-state index in [1.54, 1.807) is 24.3 Å². The van der Waals surface area contributed by atoms with Crippen LogP contribution in [0, 0.1) is 0 Å². The van der Waals surface area contributed by atoms with Gasteiger partial charge >= 0.3 is 0 Å². The number of benzene rings is 1. The lowest BCUT2D eigenvalue weighted by Gasteiger charge is -2.13. The van der Waals surface area contributed by atoms with Crippen LogP contribution in [-0.4, -0.2) is 34.8 Å². The van der Waals surface area contributed by atoms with E-state index >= 15 is 0 Å². The molecule has 0 N–H and O–H groups in total. The van der Waals surface area contributed by atoms with Gasteiger partial charge in [-0.15, -0.1) is 0 Å². The number of rotatable bonds is 9. The first-order valence-corrected chi connectivity index (χ1v) is 8.94. The Kier molecular flexibility index (Phi) is 6.30. The summed E-state index contributed by atoms with van der Waals surface area (Å²) in [5, 5.41) is 0. The number of hydrogen-bond acceptors (Lipinski definition) is 3. The van der Waals surface area contributed by atoms with E-state index in [1.165, 1.54) is 36.3 Å². The summed E-state index contributed by atoms with van der Waals surface area (Å²) in [5.41, 5.74) is 1.10. The van der Waals surface area contributed by atoms with Crippen molar-refractivity contribution in [1.82, 2.24) is 4.90 Å². The molecule has 2 rings (SSSR count). The van der Waals surface area contributed by atoms with Crippen molar-refractivity contribution in [1.29, 1.82) is 0 Å². The Morgan fingerprint density at radius 1 is 0.905 bits per heavy atom. The normalized spacial score (nSPS) is 13.9. The van der Waals surface area contributed by atoms with Crippen molar-refractivity contribution in [2.75, 3.05) is 18.1 Å². The van der Waals surface area contributed by atoms with Gasteiger partial charge in [0, 0.05) is 6.54 Å². The van der Waals surface area contributed by atoms with Crippen molar-refractivity contribution in [3.05, 3.63) is 35.4 Å². The molecule has 0 atom stereocenters. The molecule has 1 heterocycles. The first kappa shape index (κ1) is 16.1. The Morgan fingerprint density at radius 3 is 2.14 bits per heavy atom. The summed E-state index contributed by atoms with van der Waals surface area (Å²) >= 11 is 1.92. The summed E-state index contributed by atoms with van der Waals surface area (Å²) < 4.78 is 0. The topological polar surface area (TPSA) is 37.4 Å². The number of hydrogen-bond donors (Lipinski definition) is 0. The fourth-order valence-electron chi connectivity index (χ4n) is 2.50. The highest BCUT2D eigenvalue weighted by Crippen LogP contribution is 2.22. The predicted molar refractivity (Wildman–Crippen MR) is 87.9 cm³/mol. The number of amides is 2. The van der Waals surface area contributed by atoms with Gasteiger partial charge in [-0.05, 0) is 36.5 Å². The molecule has 0 spiro atoms. The van der Waals surface area contributed by atoms with Gasteiger partial charge in [0.2, 0.25) is 0 Å². The summed E-state index contributed by atoms with van der Waals surface area (Å²) in [7, 11) is 0. The third kappa shape index (κ3) is 4.10. The van der Waals surface area contributed by atoms with Gasteiger partial charge in [0.25, 0.3) is 11.8 Å². The molecule has 0 saturated heterocycles. The second-order valence-electron chi connectivity index (χ2n) is 5.33. The third-order valence-electron chi connectivity index (χ3n) is 3.69. The number of thioether (sulfide) groups is 1. The molecule has 1 aromatic rings. The maximum Gasteiger partial charge on any atom is 0.261 e. The minimum absolute atomic E-state index is 0.136. The van der Waals surface area contributed by atoms with E-state index in [0.717, 1.165) is 12.2 Å². The third-order valence-corrected chi connectivity index (χ3v) is 4.85. The van der Waals surface area contributed by atoms with E-state index in [9.17, 15) is 9.59 Å². The van der Waals surface area contributed by atoms with Gasteiger partial charge in [-0.3, -0.25) is 14.5 Å². The number of nitrogens with zero attached hydrogens (tertiary/aromatic N) is 1. The highest BCUT2D eigenvalue weighted by atomic mass is 32.2. The monoisotopic (exact) mass is 305 g/mol. The zero-order valence-corrected chi connectivity index (χ0v) is 13.5. The quantitative estimate of drug-likeness (QED) is 0.511. The molecule has 1 aliphatic rings. The molecular weight excluding hydrogens is 282 g/mol. The number of unbranched alkanes of at least 4 members (excludes halogenated alkanes) is 3. The lowest BCUT2D eigenvalue weighted by atomic mass is 10.1. The summed E-state index contributed by atoms with van der Waals surface area (Å²) in [6.45, 7) is 2.75. The highest BCUT2D eigenvalue weighted by molar-refractivity contribution is 7.99. The SMILES string of the molecule is CCCCCCSCCCN1C(=O)c2ccccc2C1=O. The van der Waals surface area contributed by atoms with Gasteiger partial charge in [0.05, 0.1) is 11.1 Å². The Bertz CT molecular complexity index is 466. The fourth-order valence-corrected chi connectivity index (χ4v) is 3.45. The van der Waals surface area contributed by atoms with Crippen LogP contribution in [0.5, 0.6) is 0 Å². The molecule has 0 saturated carbocycles. The van der Waals surface area contributed by atoms with Crippen LogP contribution in [0.2, 0.25) is 0 Å². The second-order valence-corrected chi connectivity index (χ2v) is 6.56. The molecule has 1 aliphatic heterocycles. The van der Waals surface area contributed by atoms with E-state index in [1.807, 2.05) is 11.8 Å². The lowest BCUT2D eigenvalue weighted by Crippen LogP contribution is -2.31. The Balaban J connectivity index is 1.69. The molecule has 0 aliphatic carbocycles. The van der Waals surface area contributed by atoms with Crippen LogP contribution in [-0.2, 0) is 0 Å². The van der Waals surface area contributed by atoms with Gasteiger partial charge in [-0.25, -0.2) is 0 Å². The van der Waals surface area contributed by atoms with Gasteiger partial charge in [0.1, 0.15) is 0 Å². The number of carbonyl (C=O) groups is 2.